The van der Waals surface area contributed by atoms with E-state index in [0.717, 1.165) is 12.5 Å². The molecule has 1 aliphatic heterocycles. The maximum atomic E-state index is 13.4. The molecule has 0 aliphatic carbocycles. The zero-order chi connectivity index (χ0) is 13.8. The van der Waals surface area contributed by atoms with Crippen LogP contribution in [0.1, 0.15) is 18.4 Å². The van der Waals surface area contributed by atoms with Gasteiger partial charge in [0.1, 0.15) is 11.6 Å². The second kappa shape index (κ2) is 6.10. The van der Waals surface area contributed by atoms with E-state index in [-0.39, 0.29) is 18.4 Å². The molecular formula is C14H17F2NO2. The van der Waals surface area contributed by atoms with Crippen molar-refractivity contribution in [3.63, 3.8) is 0 Å². The summed E-state index contributed by atoms with van der Waals surface area (Å²) < 4.78 is 31.3. The molecule has 0 spiro atoms. The van der Waals surface area contributed by atoms with Crippen LogP contribution in [-0.2, 0) is 16.0 Å². The Morgan fingerprint density at radius 1 is 1.47 bits per heavy atom. The number of nitrogens with zero attached hydrogens (tertiary/aromatic N) is 1. The Balaban J connectivity index is 1.87. The predicted octanol–water partition coefficient (Wildman–Crippen LogP) is 2.14. The first-order valence-corrected chi connectivity index (χ1v) is 6.34. The van der Waals surface area contributed by atoms with Crippen molar-refractivity contribution in [2.75, 3.05) is 20.2 Å². The molecule has 0 N–H and O–H groups in total. The fourth-order valence-corrected chi connectivity index (χ4v) is 2.27. The molecule has 1 aliphatic rings. The number of ether oxygens (including phenoxy) is 1. The highest BCUT2D eigenvalue weighted by atomic mass is 19.1. The van der Waals surface area contributed by atoms with Gasteiger partial charge < -0.3 is 9.64 Å². The van der Waals surface area contributed by atoms with E-state index < -0.39 is 11.6 Å². The number of benzene rings is 1. The third-order valence-corrected chi connectivity index (χ3v) is 3.45. The molecule has 0 bridgehead atoms. The summed E-state index contributed by atoms with van der Waals surface area (Å²) >= 11 is 0. The molecule has 3 nitrogen and oxygen atoms in total. The van der Waals surface area contributed by atoms with Crippen molar-refractivity contribution in [3.8, 4) is 0 Å². The lowest BCUT2D eigenvalue weighted by Gasteiger charge is -2.16. The van der Waals surface area contributed by atoms with Crippen LogP contribution in [0.5, 0.6) is 0 Å². The average Bonchev–Trinajstić information content (AvgIpc) is 2.86. The van der Waals surface area contributed by atoms with Crippen molar-refractivity contribution < 1.29 is 18.3 Å². The van der Waals surface area contributed by atoms with Crippen molar-refractivity contribution in [1.29, 1.82) is 0 Å². The largest absolute Gasteiger partial charge is 0.380 e. The van der Waals surface area contributed by atoms with E-state index >= 15 is 0 Å². The van der Waals surface area contributed by atoms with E-state index in [1.807, 2.05) is 0 Å². The quantitative estimate of drug-likeness (QED) is 0.838. The first-order valence-electron chi connectivity index (χ1n) is 6.34. The van der Waals surface area contributed by atoms with Crippen LogP contribution in [0.3, 0.4) is 0 Å². The minimum atomic E-state index is -0.602. The van der Waals surface area contributed by atoms with Gasteiger partial charge in [-0.2, -0.15) is 0 Å². The average molecular weight is 269 g/mol. The molecule has 0 aromatic heterocycles. The third-order valence-electron chi connectivity index (χ3n) is 3.45. The minimum Gasteiger partial charge on any atom is -0.380 e. The summed E-state index contributed by atoms with van der Waals surface area (Å²) in [4.78, 5) is 13.7. The Hall–Kier alpha value is -1.49. The lowest BCUT2D eigenvalue weighted by molar-refractivity contribution is -0.130. The molecule has 1 aromatic rings. The molecule has 1 atom stereocenters. The summed E-state index contributed by atoms with van der Waals surface area (Å²) in [7, 11) is 1.63. The normalized spacial score (nSPS) is 18.9. The molecule has 0 radical (unpaired) electrons. The van der Waals surface area contributed by atoms with Crippen molar-refractivity contribution >= 4 is 5.91 Å². The van der Waals surface area contributed by atoms with Crippen LogP contribution in [0.2, 0.25) is 0 Å². The van der Waals surface area contributed by atoms with Gasteiger partial charge in [-0.3, -0.25) is 4.79 Å². The number of carbonyl (C=O) groups is 1. The van der Waals surface area contributed by atoms with E-state index in [9.17, 15) is 13.6 Å². The number of halogens is 2. The van der Waals surface area contributed by atoms with E-state index in [1.54, 1.807) is 12.0 Å². The van der Waals surface area contributed by atoms with Crippen LogP contribution in [0.4, 0.5) is 8.78 Å². The molecule has 1 heterocycles. The maximum absolute atomic E-state index is 13.4. The van der Waals surface area contributed by atoms with Gasteiger partial charge in [0.25, 0.3) is 0 Å². The minimum absolute atomic E-state index is 0.0109. The van der Waals surface area contributed by atoms with E-state index in [4.69, 9.17) is 4.74 Å². The van der Waals surface area contributed by atoms with Crippen LogP contribution in [0, 0.1) is 11.6 Å². The second-order valence-corrected chi connectivity index (χ2v) is 4.72. The fourth-order valence-electron chi connectivity index (χ4n) is 2.27. The van der Waals surface area contributed by atoms with Gasteiger partial charge in [-0.05, 0) is 24.5 Å². The van der Waals surface area contributed by atoms with Gasteiger partial charge in [0.2, 0.25) is 5.91 Å². The second-order valence-electron chi connectivity index (χ2n) is 4.72. The Labute approximate surface area is 111 Å². The van der Waals surface area contributed by atoms with Gasteiger partial charge in [-0.1, -0.05) is 6.07 Å². The molecule has 1 amide bonds. The molecular weight excluding hydrogens is 252 g/mol. The van der Waals surface area contributed by atoms with Crippen LogP contribution in [-0.4, -0.2) is 37.1 Å². The molecule has 19 heavy (non-hydrogen) atoms. The van der Waals surface area contributed by atoms with E-state index in [0.29, 0.717) is 25.1 Å². The molecule has 2 rings (SSSR count). The summed E-state index contributed by atoms with van der Waals surface area (Å²) in [6, 6.07) is 3.44. The zero-order valence-electron chi connectivity index (χ0n) is 10.9. The molecule has 1 saturated heterocycles. The first kappa shape index (κ1) is 13.9. The number of hydrogen-bond acceptors (Lipinski definition) is 2. The van der Waals surface area contributed by atoms with E-state index in [2.05, 4.69) is 0 Å². The first-order chi connectivity index (χ1) is 9.10. The molecule has 5 heteroatoms. The van der Waals surface area contributed by atoms with Crippen molar-refractivity contribution in [2.24, 2.45) is 0 Å². The van der Waals surface area contributed by atoms with Gasteiger partial charge in [-0.25, -0.2) is 8.78 Å². The molecule has 104 valence electrons. The van der Waals surface area contributed by atoms with Crippen LogP contribution >= 0.6 is 0 Å². The van der Waals surface area contributed by atoms with Gasteiger partial charge >= 0.3 is 0 Å². The lowest BCUT2D eigenvalue weighted by Crippen LogP contribution is -2.30. The number of carbonyl (C=O) groups excluding carboxylic acids is 1. The SMILES string of the molecule is CO[C@@H]1CCN(C(=O)CCc2ccc(F)cc2F)C1. The summed E-state index contributed by atoms with van der Waals surface area (Å²) in [5.74, 6) is -1.21. The Bertz CT molecular complexity index is 465. The van der Waals surface area contributed by atoms with Gasteiger partial charge in [0.15, 0.2) is 0 Å². The Morgan fingerprint density at radius 3 is 2.89 bits per heavy atom. The van der Waals surface area contributed by atoms with Crippen LogP contribution in [0.15, 0.2) is 18.2 Å². The highest BCUT2D eigenvalue weighted by Crippen LogP contribution is 2.16. The predicted molar refractivity (Wildman–Crippen MR) is 66.7 cm³/mol. The van der Waals surface area contributed by atoms with Crippen molar-refractivity contribution in [2.45, 2.75) is 25.4 Å². The molecule has 1 fully saturated rings. The Kier molecular flexibility index (Phi) is 4.47. The van der Waals surface area contributed by atoms with Gasteiger partial charge in [-0.15, -0.1) is 0 Å². The van der Waals surface area contributed by atoms with Crippen molar-refractivity contribution in [3.05, 3.63) is 35.4 Å². The van der Waals surface area contributed by atoms with Gasteiger partial charge in [0.05, 0.1) is 6.10 Å². The van der Waals surface area contributed by atoms with Gasteiger partial charge in [0, 0.05) is 32.7 Å². The Morgan fingerprint density at radius 2 is 2.26 bits per heavy atom. The lowest BCUT2D eigenvalue weighted by atomic mass is 10.1. The molecule has 0 saturated carbocycles. The van der Waals surface area contributed by atoms with Crippen LogP contribution < -0.4 is 0 Å². The summed E-state index contributed by atoms with van der Waals surface area (Å²) in [5.41, 5.74) is 0.372. The number of methoxy groups -OCH3 is 1. The molecule has 1 aromatic carbocycles. The fraction of sp³-hybridized carbons (Fsp3) is 0.500. The summed E-state index contributed by atoms with van der Waals surface area (Å²) in [6.07, 6.45) is 1.47. The highest BCUT2D eigenvalue weighted by Gasteiger charge is 2.25. The number of aryl methyl sites for hydroxylation is 1. The van der Waals surface area contributed by atoms with Crippen molar-refractivity contribution in [1.82, 2.24) is 4.90 Å². The smallest absolute Gasteiger partial charge is 0.222 e. The number of amides is 1. The maximum Gasteiger partial charge on any atom is 0.222 e. The molecule has 0 unspecified atom stereocenters. The topological polar surface area (TPSA) is 29.5 Å². The highest BCUT2D eigenvalue weighted by molar-refractivity contribution is 5.76. The third kappa shape index (κ3) is 3.50. The van der Waals surface area contributed by atoms with Crippen LogP contribution in [0.25, 0.3) is 0 Å². The summed E-state index contributed by atoms with van der Waals surface area (Å²) in [5, 5.41) is 0. The number of rotatable bonds is 4. The number of hydrogen-bond donors (Lipinski definition) is 0. The van der Waals surface area contributed by atoms with E-state index in [1.165, 1.54) is 12.1 Å². The zero-order valence-corrected chi connectivity index (χ0v) is 10.9. The standard InChI is InChI=1S/C14H17F2NO2/c1-19-12-6-7-17(9-12)14(18)5-3-10-2-4-11(15)8-13(10)16/h2,4,8,12H,3,5-7,9H2,1H3/t12-/m1/s1. The monoisotopic (exact) mass is 269 g/mol. The summed E-state index contributed by atoms with van der Waals surface area (Å²) in [6.45, 7) is 1.28. The number of likely N-dealkylation sites (tertiary alicyclic amines) is 1.